The van der Waals surface area contributed by atoms with Crippen molar-refractivity contribution in [3.8, 4) is 5.75 Å². The van der Waals surface area contributed by atoms with Crippen LogP contribution in [0.15, 0.2) is 30.5 Å². The van der Waals surface area contributed by atoms with Crippen LogP contribution in [0.1, 0.15) is 70.2 Å². The maximum atomic E-state index is 14.1. The van der Waals surface area contributed by atoms with Crippen LogP contribution >= 0.6 is 0 Å². The first kappa shape index (κ1) is 28.2. The molecule has 6 rings (SSSR count). The van der Waals surface area contributed by atoms with Gasteiger partial charge in [-0.3, -0.25) is 19.2 Å². The molecule has 2 aliphatic heterocycles. The van der Waals surface area contributed by atoms with Gasteiger partial charge in [-0.25, -0.2) is 4.79 Å². The van der Waals surface area contributed by atoms with Crippen LogP contribution in [0, 0.1) is 0 Å². The lowest BCUT2D eigenvalue weighted by atomic mass is 9.79. The Kier molecular flexibility index (Phi) is 6.81. The summed E-state index contributed by atoms with van der Waals surface area (Å²) in [5.41, 5.74) is 3.35. The summed E-state index contributed by atoms with van der Waals surface area (Å²) in [6.07, 6.45) is 3.07. The molecule has 2 N–H and O–H groups in total. The molecule has 1 aromatic heterocycles. The van der Waals surface area contributed by atoms with E-state index in [1.807, 2.05) is 46.0 Å². The summed E-state index contributed by atoms with van der Waals surface area (Å²) in [6.45, 7) is 8.26. The number of ketones is 2. The number of methoxy groups -OCH3 is 1. The van der Waals surface area contributed by atoms with Gasteiger partial charge in [-0.15, -0.1) is 0 Å². The molecule has 2 saturated heterocycles. The van der Waals surface area contributed by atoms with Crippen molar-refractivity contribution in [2.24, 2.45) is 0 Å². The first-order chi connectivity index (χ1) is 19.9. The average Bonchev–Trinajstić information content (AvgIpc) is 3.62. The number of piperazine rings is 1. The Morgan fingerprint density at radius 3 is 2.29 bits per heavy atom. The van der Waals surface area contributed by atoms with Gasteiger partial charge < -0.3 is 25.1 Å². The summed E-state index contributed by atoms with van der Waals surface area (Å²) >= 11 is 0. The van der Waals surface area contributed by atoms with E-state index in [2.05, 4.69) is 9.80 Å². The predicted molar refractivity (Wildman–Crippen MR) is 160 cm³/mol. The minimum Gasteiger partial charge on any atom is -0.494 e. The first-order valence-electron chi connectivity index (χ1n) is 14.5. The molecule has 1 amide bonds. The molecule has 2 atom stereocenters. The molecule has 3 aliphatic rings. The van der Waals surface area contributed by atoms with Crippen LogP contribution in [0.4, 0.5) is 4.79 Å². The zero-order valence-electron chi connectivity index (χ0n) is 25.2. The highest BCUT2D eigenvalue weighted by molar-refractivity contribution is 6.31. The van der Waals surface area contributed by atoms with Gasteiger partial charge in [-0.2, -0.15) is 0 Å². The van der Waals surface area contributed by atoms with Gasteiger partial charge in [0.25, 0.3) is 0 Å². The van der Waals surface area contributed by atoms with Crippen molar-refractivity contribution < 1.29 is 23.9 Å². The van der Waals surface area contributed by atoms with E-state index in [-0.39, 0.29) is 35.3 Å². The largest absolute Gasteiger partial charge is 0.494 e. The lowest BCUT2D eigenvalue weighted by Gasteiger charge is -2.35. The molecule has 2 aromatic carbocycles. The van der Waals surface area contributed by atoms with E-state index >= 15 is 0 Å². The molecule has 2 bridgehead atoms. The zero-order chi connectivity index (χ0) is 30.1. The van der Waals surface area contributed by atoms with E-state index in [0.717, 1.165) is 29.5 Å². The SMILES string of the molecule is COc1c2c(c(CCN(C)C)c3c(CN4C[C@@H]5C[C@H]4CN5C(=O)OC(C)(C)C)cn(N)c13)C(=O)c1ccccc1C2=O. The van der Waals surface area contributed by atoms with Gasteiger partial charge in [0.2, 0.25) is 0 Å². The second-order valence-corrected chi connectivity index (χ2v) is 12.9. The second-order valence-electron chi connectivity index (χ2n) is 12.9. The number of carbonyl (C=O) groups is 3. The number of aromatic nitrogens is 1. The van der Waals surface area contributed by atoms with E-state index in [0.29, 0.717) is 54.0 Å². The van der Waals surface area contributed by atoms with Crippen LogP contribution in [-0.4, -0.2) is 95.6 Å². The standard InChI is InChI=1S/C32H39N5O5/c1-32(2,3)42-31(40)36-17-19-13-20(36)16-35(19)14-18-15-37(33)27-24(18)23(11-12-34(4)5)25-26(30(27)41-6)29(39)22-10-8-7-9-21(22)28(25)38/h7-10,15,19-20H,11-14,16-17,33H2,1-6H3/t19-,20-/m0/s1. The fourth-order valence-corrected chi connectivity index (χ4v) is 6.88. The fourth-order valence-electron chi connectivity index (χ4n) is 6.88. The Bertz CT molecular complexity index is 1620. The van der Waals surface area contributed by atoms with Crippen LogP contribution in [0.3, 0.4) is 0 Å². The Balaban J connectivity index is 1.43. The summed E-state index contributed by atoms with van der Waals surface area (Å²) in [7, 11) is 5.49. The van der Waals surface area contributed by atoms with Gasteiger partial charge in [0.15, 0.2) is 17.3 Å². The molecule has 3 heterocycles. The van der Waals surface area contributed by atoms with Gasteiger partial charge in [0, 0.05) is 66.5 Å². The zero-order valence-corrected chi connectivity index (χ0v) is 25.2. The highest BCUT2D eigenvalue weighted by atomic mass is 16.6. The number of rotatable bonds is 6. The molecule has 42 heavy (non-hydrogen) atoms. The summed E-state index contributed by atoms with van der Waals surface area (Å²) in [5.74, 6) is 6.53. The Morgan fingerprint density at radius 2 is 1.71 bits per heavy atom. The Hall–Kier alpha value is -3.89. The molecular formula is C32H39N5O5. The van der Waals surface area contributed by atoms with Crippen molar-refractivity contribution in [2.75, 3.05) is 46.7 Å². The van der Waals surface area contributed by atoms with Crippen molar-refractivity contribution in [3.05, 3.63) is 63.8 Å². The quantitative estimate of drug-likeness (QED) is 0.350. The average molecular weight is 574 g/mol. The van der Waals surface area contributed by atoms with Gasteiger partial charge in [-0.1, -0.05) is 24.3 Å². The molecule has 2 fully saturated rings. The molecule has 0 spiro atoms. The maximum Gasteiger partial charge on any atom is 0.410 e. The Morgan fingerprint density at radius 1 is 1.05 bits per heavy atom. The third-order valence-corrected chi connectivity index (χ3v) is 8.65. The molecule has 1 aliphatic carbocycles. The molecule has 10 heteroatoms. The van der Waals surface area contributed by atoms with Crippen LogP contribution in [0.5, 0.6) is 5.75 Å². The summed E-state index contributed by atoms with van der Waals surface area (Å²) in [4.78, 5) is 47.1. The molecule has 0 radical (unpaired) electrons. The molecule has 0 unspecified atom stereocenters. The number of fused-ring (bicyclic) bond motifs is 5. The molecule has 10 nitrogen and oxygen atoms in total. The lowest BCUT2D eigenvalue weighted by Crippen LogP contribution is -2.49. The number of nitrogens with two attached hydrogens (primary N) is 1. The van der Waals surface area contributed by atoms with E-state index in [1.165, 1.54) is 11.8 Å². The molecule has 222 valence electrons. The number of nitrogens with zero attached hydrogens (tertiary/aromatic N) is 4. The van der Waals surface area contributed by atoms with E-state index < -0.39 is 5.60 Å². The molecule has 0 saturated carbocycles. The van der Waals surface area contributed by atoms with E-state index in [1.54, 1.807) is 24.3 Å². The number of benzene rings is 2. The normalized spacial score (nSPS) is 20.0. The predicted octanol–water partition coefficient (Wildman–Crippen LogP) is 3.44. The van der Waals surface area contributed by atoms with Crippen molar-refractivity contribution in [1.29, 1.82) is 0 Å². The summed E-state index contributed by atoms with van der Waals surface area (Å²) in [5, 5.41) is 0.863. The number of amides is 1. The van der Waals surface area contributed by atoms with Crippen LogP contribution in [-0.2, 0) is 17.7 Å². The topological polar surface area (TPSA) is 110 Å². The van der Waals surface area contributed by atoms with Gasteiger partial charge in [0.05, 0.1) is 12.7 Å². The summed E-state index contributed by atoms with van der Waals surface area (Å²) < 4.78 is 13.1. The second kappa shape index (κ2) is 10.1. The molecule has 3 aromatic rings. The summed E-state index contributed by atoms with van der Waals surface area (Å²) in [6, 6.07) is 7.25. The number of likely N-dealkylation sites (tertiary alicyclic amines) is 2. The van der Waals surface area contributed by atoms with Crippen molar-refractivity contribution in [3.63, 3.8) is 0 Å². The maximum absolute atomic E-state index is 14.1. The van der Waals surface area contributed by atoms with Crippen LogP contribution < -0.4 is 10.6 Å². The van der Waals surface area contributed by atoms with Crippen LogP contribution in [0.2, 0.25) is 0 Å². The number of hydrogen-bond acceptors (Lipinski definition) is 8. The third-order valence-electron chi connectivity index (χ3n) is 8.65. The smallest absolute Gasteiger partial charge is 0.410 e. The minimum absolute atomic E-state index is 0.0854. The fraction of sp³-hybridized carbons (Fsp3) is 0.469. The number of carbonyl (C=O) groups excluding carboxylic acids is 3. The lowest BCUT2D eigenvalue weighted by molar-refractivity contribution is 0.0124. The first-order valence-corrected chi connectivity index (χ1v) is 14.5. The third kappa shape index (κ3) is 4.53. The van der Waals surface area contributed by atoms with Crippen molar-refractivity contribution in [1.82, 2.24) is 19.4 Å². The van der Waals surface area contributed by atoms with Gasteiger partial charge >= 0.3 is 6.09 Å². The van der Waals surface area contributed by atoms with Crippen LogP contribution in [0.25, 0.3) is 10.9 Å². The van der Waals surface area contributed by atoms with Gasteiger partial charge in [-0.05, 0) is 58.8 Å². The van der Waals surface area contributed by atoms with Crippen molar-refractivity contribution in [2.45, 2.75) is 57.8 Å². The number of likely N-dealkylation sites (N-methyl/N-ethyl adjacent to an activating group) is 1. The number of hydrogen-bond donors (Lipinski definition) is 1. The van der Waals surface area contributed by atoms with Crippen molar-refractivity contribution >= 4 is 28.6 Å². The number of nitrogen functional groups attached to an aromatic ring is 1. The van der Waals surface area contributed by atoms with E-state index in [9.17, 15) is 14.4 Å². The van der Waals surface area contributed by atoms with Gasteiger partial charge in [0.1, 0.15) is 11.1 Å². The highest BCUT2D eigenvalue weighted by Gasteiger charge is 2.47. The van der Waals surface area contributed by atoms with E-state index in [4.69, 9.17) is 15.3 Å². The monoisotopic (exact) mass is 573 g/mol. The highest BCUT2D eigenvalue weighted by Crippen LogP contribution is 2.44. The minimum atomic E-state index is -0.540. The molecular weight excluding hydrogens is 534 g/mol. The number of ether oxygens (including phenoxy) is 2. The Labute approximate surface area is 245 Å².